The molecular weight excluding hydrogens is 428 g/mol. The van der Waals surface area contributed by atoms with Crippen molar-refractivity contribution in [2.45, 2.75) is 40.0 Å². The molecule has 1 amide bonds. The van der Waals surface area contributed by atoms with Crippen LogP contribution in [-0.2, 0) is 9.63 Å². The molecule has 0 aromatic heterocycles. The fraction of sp³-hybridized carbons (Fsp3) is 0.400. The summed E-state index contributed by atoms with van der Waals surface area (Å²) in [5.41, 5.74) is 0.508. The maximum Gasteiger partial charge on any atom is 0.365 e. The van der Waals surface area contributed by atoms with Crippen LogP contribution in [0.1, 0.15) is 50.4 Å². The second kappa shape index (κ2) is 7.93. The molecule has 2 unspecified atom stereocenters. The highest BCUT2D eigenvalue weighted by molar-refractivity contribution is 6.30. The molecule has 2 aliphatic rings. The van der Waals surface area contributed by atoms with Gasteiger partial charge in [0.2, 0.25) is 5.91 Å². The number of nitrogens with one attached hydrogen (secondary N) is 1. The summed E-state index contributed by atoms with van der Waals surface area (Å²) < 4.78 is 5.19. The van der Waals surface area contributed by atoms with E-state index < -0.39 is 11.4 Å². The van der Waals surface area contributed by atoms with Gasteiger partial charge in [0, 0.05) is 22.5 Å². The maximum atomic E-state index is 13.5. The van der Waals surface area contributed by atoms with Crippen LogP contribution in [0.4, 0.5) is 5.69 Å². The van der Waals surface area contributed by atoms with Gasteiger partial charge in [0.1, 0.15) is 5.75 Å². The standard InChI is InChI=1S/C25H27ClN2O4/c1-23(2)24(3)13-14-25(23,22(30)27-18-9-11-19(31-4)12-10-18)15-20(24)28-32-21(29)16-5-7-17(26)8-6-16/h5-12H,13-15H2,1-4H3,(H,27,30)/b28-20+. The Morgan fingerprint density at radius 1 is 1.00 bits per heavy atom. The molecule has 0 radical (unpaired) electrons. The first-order valence-electron chi connectivity index (χ1n) is 10.6. The van der Waals surface area contributed by atoms with E-state index in [1.807, 2.05) is 24.3 Å². The van der Waals surface area contributed by atoms with Crippen LogP contribution < -0.4 is 10.1 Å². The lowest BCUT2D eigenvalue weighted by Crippen LogP contribution is -2.43. The molecule has 2 aliphatic carbocycles. The molecule has 32 heavy (non-hydrogen) atoms. The molecule has 168 valence electrons. The third-order valence-electron chi connectivity index (χ3n) is 7.83. The number of amides is 1. The first kappa shape index (κ1) is 22.3. The summed E-state index contributed by atoms with van der Waals surface area (Å²) in [5, 5.41) is 7.88. The summed E-state index contributed by atoms with van der Waals surface area (Å²) in [4.78, 5) is 31.2. The molecule has 0 aliphatic heterocycles. The second-order valence-electron chi connectivity index (χ2n) is 9.32. The van der Waals surface area contributed by atoms with E-state index in [0.29, 0.717) is 22.7 Å². The van der Waals surface area contributed by atoms with Crippen molar-refractivity contribution < 1.29 is 19.2 Å². The minimum absolute atomic E-state index is 0.0365. The Morgan fingerprint density at radius 3 is 2.28 bits per heavy atom. The molecule has 0 heterocycles. The van der Waals surface area contributed by atoms with Gasteiger partial charge in [-0.05, 0) is 66.8 Å². The SMILES string of the molecule is COc1ccc(NC(=O)C23CCC(C)(/C(=N/OC(=O)c4ccc(Cl)cc4)C2)C3(C)C)cc1. The molecule has 0 saturated heterocycles. The van der Waals surface area contributed by atoms with E-state index in [0.717, 1.165) is 24.3 Å². The largest absolute Gasteiger partial charge is 0.497 e. The zero-order chi connectivity index (χ0) is 23.1. The molecule has 0 spiro atoms. The van der Waals surface area contributed by atoms with Gasteiger partial charge in [0.05, 0.1) is 23.8 Å². The van der Waals surface area contributed by atoms with Gasteiger partial charge in [-0.1, -0.05) is 37.5 Å². The number of rotatable bonds is 5. The number of hydrogen-bond donors (Lipinski definition) is 1. The summed E-state index contributed by atoms with van der Waals surface area (Å²) in [6, 6.07) is 13.7. The van der Waals surface area contributed by atoms with E-state index in [1.165, 1.54) is 0 Å². The molecule has 4 rings (SSSR count). The number of nitrogens with zero attached hydrogens (tertiary/aromatic N) is 1. The molecule has 2 fully saturated rings. The van der Waals surface area contributed by atoms with Crippen molar-refractivity contribution in [3.8, 4) is 5.75 Å². The molecule has 2 aromatic carbocycles. The number of methoxy groups -OCH3 is 1. The van der Waals surface area contributed by atoms with Crippen LogP contribution in [0.25, 0.3) is 0 Å². The fourth-order valence-corrected chi connectivity index (χ4v) is 5.31. The summed E-state index contributed by atoms with van der Waals surface area (Å²) >= 11 is 5.88. The second-order valence-corrected chi connectivity index (χ2v) is 9.76. The van der Waals surface area contributed by atoms with E-state index in [9.17, 15) is 9.59 Å². The molecule has 2 atom stereocenters. The van der Waals surface area contributed by atoms with Crippen LogP contribution in [0.5, 0.6) is 5.75 Å². The summed E-state index contributed by atoms with van der Waals surface area (Å²) in [5.74, 6) is 0.147. The van der Waals surface area contributed by atoms with E-state index in [1.54, 1.807) is 31.4 Å². The Bertz CT molecular complexity index is 1080. The summed E-state index contributed by atoms with van der Waals surface area (Å²) in [7, 11) is 1.60. The predicted octanol–water partition coefficient (Wildman–Crippen LogP) is 5.72. The lowest BCUT2D eigenvalue weighted by molar-refractivity contribution is -0.130. The number of fused-ring (bicyclic) bond motifs is 2. The lowest BCUT2D eigenvalue weighted by Gasteiger charge is -2.39. The quantitative estimate of drug-likeness (QED) is 0.463. The number of anilines is 1. The van der Waals surface area contributed by atoms with Crippen molar-refractivity contribution >= 4 is 34.9 Å². The summed E-state index contributed by atoms with van der Waals surface area (Å²) in [6.45, 7) is 6.33. The third kappa shape index (κ3) is 3.37. The zero-order valence-corrected chi connectivity index (χ0v) is 19.5. The predicted molar refractivity (Wildman–Crippen MR) is 124 cm³/mol. The smallest absolute Gasteiger partial charge is 0.365 e. The van der Waals surface area contributed by atoms with E-state index in [-0.39, 0.29) is 16.7 Å². The van der Waals surface area contributed by atoms with Gasteiger partial charge in [0.25, 0.3) is 0 Å². The van der Waals surface area contributed by atoms with Gasteiger partial charge in [-0.15, -0.1) is 0 Å². The summed E-state index contributed by atoms with van der Waals surface area (Å²) in [6.07, 6.45) is 2.00. The molecule has 2 bridgehead atoms. The monoisotopic (exact) mass is 454 g/mol. The van der Waals surface area contributed by atoms with Gasteiger partial charge in [-0.2, -0.15) is 0 Å². The third-order valence-corrected chi connectivity index (χ3v) is 8.09. The average Bonchev–Trinajstić information content (AvgIpc) is 3.09. The van der Waals surface area contributed by atoms with E-state index in [2.05, 4.69) is 31.2 Å². The van der Waals surface area contributed by atoms with Gasteiger partial charge in [-0.3, -0.25) is 4.79 Å². The van der Waals surface area contributed by atoms with Crippen molar-refractivity contribution in [3.63, 3.8) is 0 Å². The van der Waals surface area contributed by atoms with Gasteiger partial charge >= 0.3 is 5.97 Å². The van der Waals surface area contributed by atoms with Crippen molar-refractivity contribution in [1.29, 1.82) is 0 Å². The fourth-order valence-electron chi connectivity index (χ4n) is 5.18. The number of halogens is 1. The Balaban J connectivity index is 1.56. The zero-order valence-electron chi connectivity index (χ0n) is 18.7. The highest BCUT2D eigenvalue weighted by Crippen LogP contribution is 2.71. The highest BCUT2D eigenvalue weighted by Gasteiger charge is 2.71. The van der Waals surface area contributed by atoms with Crippen LogP contribution in [0.15, 0.2) is 53.7 Å². The first-order chi connectivity index (χ1) is 15.1. The lowest BCUT2D eigenvalue weighted by atomic mass is 9.64. The number of oxime groups is 1. The minimum Gasteiger partial charge on any atom is -0.497 e. The van der Waals surface area contributed by atoms with Crippen molar-refractivity contribution in [3.05, 3.63) is 59.1 Å². The number of carbonyl (C=O) groups excluding carboxylic acids is 2. The van der Waals surface area contributed by atoms with Crippen molar-refractivity contribution in [2.24, 2.45) is 21.4 Å². The van der Waals surface area contributed by atoms with Crippen LogP contribution in [0.2, 0.25) is 5.02 Å². The Hall–Kier alpha value is -2.86. The highest BCUT2D eigenvalue weighted by atomic mass is 35.5. The molecule has 1 N–H and O–H groups in total. The van der Waals surface area contributed by atoms with Crippen LogP contribution in [0, 0.1) is 16.2 Å². The molecule has 6 nitrogen and oxygen atoms in total. The van der Waals surface area contributed by atoms with Crippen LogP contribution >= 0.6 is 11.6 Å². The topological polar surface area (TPSA) is 77.0 Å². The van der Waals surface area contributed by atoms with Crippen LogP contribution in [-0.4, -0.2) is 24.7 Å². The molecule has 2 saturated carbocycles. The molecular formula is C25H27ClN2O4. The van der Waals surface area contributed by atoms with E-state index in [4.69, 9.17) is 21.2 Å². The number of ether oxygens (including phenoxy) is 1. The molecule has 2 aromatic rings. The molecule has 7 heteroatoms. The van der Waals surface area contributed by atoms with E-state index >= 15 is 0 Å². The Labute approximate surface area is 192 Å². The number of benzene rings is 2. The van der Waals surface area contributed by atoms with Gasteiger partial charge in [-0.25, -0.2) is 4.79 Å². The minimum atomic E-state index is -0.632. The maximum absolute atomic E-state index is 13.5. The normalized spacial score (nSPS) is 26.7. The van der Waals surface area contributed by atoms with Crippen molar-refractivity contribution in [2.75, 3.05) is 12.4 Å². The Morgan fingerprint density at radius 2 is 1.66 bits per heavy atom. The Kier molecular flexibility index (Phi) is 5.53. The van der Waals surface area contributed by atoms with Crippen molar-refractivity contribution in [1.82, 2.24) is 0 Å². The first-order valence-corrected chi connectivity index (χ1v) is 11.0. The average molecular weight is 455 g/mol. The number of carbonyl (C=O) groups is 2. The van der Waals surface area contributed by atoms with Crippen LogP contribution in [0.3, 0.4) is 0 Å². The van der Waals surface area contributed by atoms with Gasteiger partial charge < -0.3 is 14.9 Å². The van der Waals surface area contributed by atoms with Gasteiger partial charge in [0.15, 0.2) is 0 Å². The number of hydrogen-bond acceptors (Lipinski definition) is 5.